The van der Waals surface area contributed by atoms with Gasteiger partial charge in [0.25, 0.3) is 0 Å². The molecule has 1 unspecified atom stereocenters. The summed E-state index contributed by atoms with van der Waals surface area (Å²) in [5.74, 6) is 5.61. The lowest BCUT2D eigenvalue weighted by Gasteiger charge is -2.16. The van der Waals surface area contributed by atoms with E-state index in [4.69, 9.17) is 5.84 Å². The number of nitrogens with one attached hydrogen (secondary N) is 1. The molecular formula is C12H13BrN4. The van der Waals surface area contributed by atoms with E-state index in [0.717, 1.165) is 21.4 Å². The molecule has 0 saturated carbocycles. The number of aromatic nitrogens is 2. The van der Waals surface area contributed by atoms with Crippen LogP contribution in [0.5, 0.6) is 0 Å². The molecule has 0 aliphatic carbocycles. The van der Waals surface area contributed by atoms with E-state index < -0.39 is 0 Å². The van der Waals surface area contributed by atoms with Crippen LogP contribution < -0.4 is 11.3 Å². The second kappa shape index (κ2) is 5.35. The molecule has 5 heteroatoms. The van der Waals surface area contributed by atoms with Crippen molar-refractivity contribution in [3.8, 4) is 0 Å². The summed E-state index contributed by atoms with van der Waals surface area (Å²) in [4.78, 5) is 8.60. The van der Waals surface area contributed by atoms with Gasteiger partial charge in [-0.05, 0) is 46.6 Å². The third-order valence-corrected chi connectivity index (χ3v) is 3.17. The van der Waals surface area contributed by atoms with Crippen LogP contribution in [0.4, 0.5) is 0 Å². The first-order valence-electron chi connectivity index (χ1n) is 5.21. The first kappa shape index (κ1) is 12.2. The van der Waals surface area contributed by atoms with Crippen molar-refractivity contribution < 1.29 is 0 Å². The van der Waals surface area contributed by atoms with Gasteiger partial charge < -0.3 is 0 Å². The van der Waals surface area contributed by atoms with Gasteiger partial charge in [0.05, 0.1) is 11.7 Å². The second-order valence-electron chi connectivity index (χ2n) is 3.70. The predicted molar refractivity (Wildman–Crippen MR) is 70.1 cm³/mol. The molecule has 4 nitrogen and oxygen atoms in total. The lowest BCUT2D eigenvalue weighted by molar-refractivity contribution is 0.615. The number of rotatable bonds is 3. The van der Waals surface area contributed by atoms with Gasteiger partial charge in [0.15, 0.2) is 0 Å². The van der Waals surface area contributed by atoms with Gasteiger partial charge in [-0.1, -0.05) is 6.07 Å². The molecular weight excluding hydrogens is 280 g/mol. The summed E-state index contributed by atoms with van der Waals surface area (Å²) in [6.45, 7) is 1.95. The molecule has 1 atom stereocenters. The van der Waals surface area contributed by atoms with E-state index in [0.29, 0.717) is 0 Å². The molecule has 0 bridgehead atoms. The summed E-state index contributed by atoms with van der Waals surface area (Å²) in [5, 5.41) is 0. The van der Waals surface area contributed by atoms with Crippen LogP contribution in [0.25, 0.3) is 0 Å². The lowest BCUT2D eigenvalue weighted by Crippen LogP contribution is -2.29. The number of nitrogens with two attached hydrogens (primary N) is 1. The van der Waals surface area contributed by atoms with Crippen molar-refractivity contribution in [2.75, 3.05) is 0 Å². The van der Waals surface area contributed by atoms with Crippen molar-refractivity contribution in [2.45, 2.75) is 13.0 Å². The minimum absolute atomic E-state index is 0.168. The average Bonchev–Trinajstić information content (AvgIpc) is 2.35. The highest BCUT2D eigenvalue weighted by Gasteiger charge is 2.16. The van der Waals surface area contributed by atoms with E-state index in [1.54, 1.807) is 12.4 Å². The molecule has 2 aromatic rings. The van der Waals surface area contributed by atoms with Crippen LogP contribution in [-0.4, -0.2) is 9.97 Å². The van der Waals surface area contributed by atoms with Crippen LogP contribution in [-0.2, 0) is 0 Å². The molecule has 0 radical (unpaired) electrons. The number of aryl methyl sites for hydroxylation is 1. The molecule has 17 heavy (non-hydrogen) atoms. The molecule has 0 aliphatic heterocycles. The fraction of sp³-hybridized carbons (Fsp3) is 0.167. The highest BCUT2D eigenvalue weighted by molar-refractivity contribution is 9.10. The second-order valence-corrected chi connectivity index (χ2v) is 4.56. The highest BCUT2D eigenvalue weighted by Crippen LogP contribution is 2.25. The quantitative estimate of drug-likeness (QED) is 0.672. The Balaban J connectivity index is 2.40. The van der Waals surface area contributed by atoms with Crippen molar-refractivity contribution >= 4 is 15.9 Å². The minimum atomic E-state index is -0.168. The summed E-state index contributed by atoms with van der Waals surface area (Å²) in [6, 6.07) is 7.59. The van der Waals surface area contributed by atoms with Crippen molar-refractivity contribution in [3.63, 3.8) is 0 Å². The van der Waals surface area contributed by atoms with Gasteiger partial charge >= 0.3 is 0 Å². The van der Waals surface area contributed by atoms with E-state index in [2.05, 4.69) is 31.3 Å². The van der Waals surface area contributed by atoms with Gasteiger partial charge in [0.1, 0.15) is 0 Å². The monoisotopic (exact) mass is 292 g/mol. The number of halogens is 1. The summed E-state index contributed by atoms with van der Waals surface area (Å²) >= 11 is 3.47. The minimum Gasteiger partial charge on any atom is -0.271 e. The topological polar surface area (TPSA) is 63.8 Å². The number of hydrogen-bond donors (Lipinski definition) is 2. The van der Waals surface area contributed by atoms with Crippen molar-refractivity contribution in [3.05, 3.63) is 58.1 Å². The summed E-state index contributed by atoms with van der Waals surface area (Å²) in [7, 11) is 0. The fourth-order valence-electron chi connectivity index (χ4n) is 1.59. The Morgan fingerprint density at radius 2 is 2.12 bits per heavy atom. The van der Waals surface area contributed by atoms with Crippen molar-refractivity contribution in [1.82, 2.24) is 15.4 Å². The van der Waals surface area contributed by atoms with Crippen molar-refractivity contribution in [2.24, 2.45) is 5.84 Å². The Bertz CT molecular complexity index is 498. The third-order valence-electron chi connectivity index (χ3n) is 2.49. The van der Waals surface area contributed by atoms with Crippen molar-refractivity contribution in [1.29, 1.82) is 0 Å². The number of nitrogens with zero attached hydrogens (tertiary/aromatic N) is 2. The molecule has 2 rings (SSSR count). The van der Waals surface area contributed by atoms with E-state index in [1.165, 1.54) is 0 Å². The molecule has 0 aliphatic rings. The van der Waals surface area contributed by atoms with Gasteiger partial charge in [-0.3, -0.25) is 15.8 Å². The summed E-state index contributed by atoms with van der Waals surface area (Å²) in [6.07, 6.45) is 3.55. The van der Waals surface area contributed by atoms with E-state index >= 15 is 0 Å². The summed E-state index contributed by atoms with van der Waals surface area (Å²) in [5.41, 5.74) is 5.57. The van der Waals surface area contributed by atoms with Gasteiger partial charge in [0.2, 0.25) is 0 Å². The number of hydrogen-bond acceptors (Lipinski definition) is 4. The standard InChI is InChI=1S/C12H13BrN4/c1-8-4-5-9(7-16-8)11(17-14)12-10(13)3-2-6-15-12/h2-7,11,17H,14H2,1H3. The van der Waals surface area contributed by atoms with Gasteiger partial charge in [-0.2, -0.15) is 0 Å². The molecule has 0 spiro atoms. The SMILES string of the molecule is Cc1ccc(C(NN)c2ncccc2Br)cn1. The van der Waals surface area contributed by atoms with Crippen LogP contribution in [0.1, 0.15) is 23.0 Å². The fourth-order valence-corrected chi connectivity index (χ4v) is 2.08. The van der Waals surface area contributed by atoms with E-state index in [9.17, 15) is 0 Å². The highest BCUT2D eigenvalue weighted by atomic mass is 79.9. The van der Waals surface area contributed by atoms with Gasteiger partial charge in [-0.25, -0.2) is 5.43 Å². The normalized spacial score (nSPS) is 12.4. The third kappa shape index (κ3) is 2.69. The van der Waals surface area contributed by atoms with Gasteiger partial charge in [-0.15, -0.1) is 0 Å². The van der Waals surface area contributed by atoms with E-state index in [1.807, 2.05) is 31.2 Å². The van der Waals surface area contributed by atoms with E-state index in [-0.39, 0.29) is 6.04 Å². The zero-order chi connectivity index (χ0) is 12.3. The Hall–Kier alpha value is -1.30. The molecule has 2 aromatic heterocycles. The molecule has 3 N–H and O–H groups in total. The maximum atomic E-state index is 5.61. The predicted octanol–water partition coefficient (Wildman–Crippen LogP) is 2.10. The first-order valence-corrected chi connectivity index (χ1v) is 6.00. The molecule has 0 aromatic carbocycles. The first-order chi connectivity index (χ1) is 8.22. The Labute approximate surface area is 108 Å². The zero-order valence-electron chi connectivity index (χ0n) is 9.39. The van der Waals surface area contributed by atoms with Crippen LogP contribution in [0.15, 0.2) is 41.1 Å². The largest absolute Gasteiger partial charge is 0.271 e. The molecule has 0 fully saturated rings. The van der Waals surface area contributed by atoms with Gasteiger partial charge in [0, 0.05) is 22.6 Å². The zero-order valence-corrected chi connectivity index (χ0v) is 11.0. The molecule has 2 heterocycles. The smallest absolute Gasteiger partial charge is 0.0907 e. The molecule has 0 amide bonds. The lowest BCUT2D eigenvalue weighted by atomic mass is 10.1. The molecule has 0 saturated heterocycles. The Kier molecular flexibility index (Phi) is 3.83. The average molecular weight is 293 g/mol. The maximum Gasteiger partial charge on any atom is 0.0907 e. The van der Waals surface area contributed by atoms with Crippen LogP contribution in [0.3, 0.4) is 0 Å². The molecule has 88 valence electrons. The number of pyridine rings is 2. The maximum absolute atomic E-state index is 5.61. The van der Waals surface area contributed by atoms with Crippen LogP contribution in [0, 0.1) is 6.92 Å². The Morgan fingerprint density at radius 1 is 1.29 bits per heavy atom. The number of hydrazine groups is 1. The summed E-state index contributed by atoms with van der Waals surface area (Å²) < 4.78 is 0.920. The van der Waals surface area contributed by atoms with Crippen LogP contribution in [0.2, 0.25) is 0 Å². The Morgan fingerprint density at radius 3 is 2.71 bits per heavy atom. The van der Waals surface area contributed by atoms with Crippen LogP contribution >= 0.6 is 15.9 Å².